The lowest BCUT2D eigenvalue weighted by molar-refractivity contribution is 0.771. The fourth-order valence-corrected chi connectivity index (χ4v) is 2.11. The van der Waals surface area contributed by atoms with E-state index in [-0.39, 0.29) is 0 Å². The predicted octanol–water partition coefficient (Wildman–Crippen LogP) is 1.96. The summed E-state index contributed by atoms with van der Waals surface area (Å²) in [5.41, 5.74) is 8.64. The van der Waals surface area contributed by atoms with Gasteiger partial charge >= 0.3 is 0 Å². The molecule has 1 aromatic carbocycles. The molecule has 0 saturated heterocycles. The first-order valence-corrected chi connectivity index (χ1v) is 5.85. The van der Waals surface area contributed by atoms with Gasteiger partial charge in [-0.3, -0.25) is 4.98 Å². The number of aromatic nitrogens is 4. The molecule has 3 aromatic rings. The Labute approximate surface area is 104 Å². The van der Waals surface area contributed by atoms with Crippen LogP contribution in [-0.2, 0) is 6.42 Å². The molecule has 0 saturated carbocycles. The number of rotatable bonds is 2. The summed E-state index contributed by atoms with van der Waals surface area (Å²) in [5, 5.41) is 9.10. The molecule has 5 heteroatoms. The van der Waals surface area contributed by atoms with Gasteiger partial charge in [-0.25, -0.2) is 4.68 Å². The molecular formula is C13H13N5. The second kappa shape index (κ2) is 4.10. The molecule has 18 heavy (non-hydrogen) atoms. The van der Waals surface area contributed by atoms with Crippen molar-refractivity contribution in [1.29, 1.82) is 0 Å². The minimum absolute atomic E-state index is 0.485. The molecule has 0 radical (unpaired) electrons. The van der Waals surface area contributed by atoms with Crippen molar-refractivity contribution in [2.24, 2.45) is 0 Å². The Kier molecular flexibility index (Phi) is 2.44. The number of fused-ring (bicyclic) bond motifs is 1. The van der Waals surface area contributed by atoms with Gasteiger partial charge in [-0.15, -0.1) is 5.10 Å². The molecule has 0 amide bonds. The Morgan fingerprint density at radius 3 is 2.94 bits per heavy atom. The molecule has 0 aliphatic heterocycles. The van der Waals surface area contributed by atoms with Crippen LogP contribution in [0.25, 0.3) is 16.6 Å². The van der Waals surface area contributed by atoms with Crippen LogP contribution >= 0.6 is 0 Å². The van der Waals surface area contributed by atoms with Gasteiger partial charge in [0, 0.05) is 11.6 Å². The van der Waals surface area contributed by atoms with E-state index in [1.807, 2.05) is 37.3 Å². The molecule has 0 bridgehead atoms. The molecular weight excluding hydrogens is 226 g/mol. The zero-order chi connectivity index (χ0) is 12.5. The van der Waals surface area contributed by atoms with Crippen molar-refractivity contribution in [3.8, 4) is 5.69 Å². The van der Waals surface area contributed by atoms with Gasteiger partial charge in [-0.2, -0.15) is 0 Å². The lowest BCUT2D eigenvalue weighted by Gasteiger charge is -2.08. The number of pyridine rings is 1. The molecule has 2 aromatic heterocycles. The molecule has 3 rings (SSSR count). The fourth-order valence-electron chi connectivity index (χ4n) is 2.11. The zero-order valence-electron chi connectivity index (χ0n) is 10.0. The third kappa shape index (κ3) is 1.52. The van der Waals surface area contributed by atoms with Crippen molar-refractivity contribution in [2.45, 2.75) is 13.3 Å². The van der Waals surface area contributed by atoms with Crippen LogP contribution in [0, 0.1) is 0 Å². The minimum atomic E-state index is 0.485. The van der Waals surface area contributed by atoms with Crippen LogP contribution in [0.3, 0.4) is 0 Å². The zero-order valence-corrected chi connectivity index (χ0v) is 10.0. The maximum Gasteiger partial charge on any atom is 0.169 e. The van der Waals surface area contributed by atoms with Crippen LogP contribution in [0.2, 0.25) is 0 Å². The number of nitrogens with zero attached hydrogens (tertiary/aromatic N) is 4. The Balaban J connectivity index is 2.31. The van der Waals surface area contributed by atoms with E-state index in [2.05, 4.69) is 15.3 Å². The quantitative estimate of drug-likeness (QED) is 0.742. The van der Waals surface area contributed by atoms with Crippen LogP contribution in [0.1, 0.15) is 12.6 Å². The number of hydrogen-bond acceptors (Lipinski definition) is 4. The summed E-state index contributed by atoms with van der Waals surface area (Å²) in [6.45, 7) is 2.04. The Bertz CT molecular complexity index is 696. The van der Waals surface area contributed by atoms with Crippen LogP contribution in [-0.4, -0.2) is 20.0 Å². The number of benzene rings is 1. The van der Waals surface area contributed by atoms with E-state index in [1.54, 1.807) is 10.9 Å². The van der Waals surface area contributed by atoms with Crippen LogP contribution in [0.5, 0.6) is 0 Å². The number of nitrogen functional groups attached to an aromatic ring is 1. The molecule has 0 spiro atoms. The molecule has 2 N–H and O–H groups in total. The van der Waals surface area contributed by atoms with Crippen LogP contribution in [0.15, 0.2) is 36.5 Å². The fraction of sp³-hybridized carbons (Fsp3) is 0.154. The lowest BCUT2D eigenvalue weighted by Crippen LogP contribution is -2.03. The standard InChI is InChI=1S/C13H13N5/c1-2-11-13(14)16-17-18(11)12-7-3-6-10-9(12)5-4-8-15-10/h3-8H,2,14H2,1H3. The van der Waals surface area contributed by atoms with E-state index in [9.17, 15) is 0 Å². The molecule has 0 atom stereocenters. The van der Waals surface area contributed by atoms with Gasteiger partial charge < -0.3 is 5.73 Å². The highest BCUT2D eigenvalue weighted by atomic mass is 15.4. The van der Waals surface area contributed by atoms with Crippen molar-refractivity contribution in [3.63, 3.8) is 0 Å². The second-order valence-corrected chi connectivity index (χ2v) is 4.03. The first-order valence-electron chi connectivity index (χ1n) is 5.85. The van der Waals surface area contributed by atoms with Gasteiger partial charge in [-0.05, 0) is 30.7 Å². The topological polar surface area (TPSA) is 69.6 Å². The van der Waals surface area contributed by atoms with E-state index >= 15 is 0 Å². The van der Waals surface area contributed by atoms with Gasteiger partial charge in [0.05, 0.1) is 16.9 Å². The Morgan fingerprint density at radius 2 is 2.11 bits per heavy atom. The van der Waals surface area contributed by atoms with Gasteiger partial charge in [0.1, 0.15) is 0 Å². The summed E-state index contributed by atoms with van der Waals surface area (Å²) in [5.74, 6) is 0.485. The molecule has 0 unspecified atom stereocenters. The van der Waals surface area contributed by atoms with Crippen molar-refractivity contribution in [3.05, 3.63) is 42.2 Å². The highest BCUT2D eigenvalue weighted by molar-refractivity contribution is 5.87. The highest BCUT2D eigenvalue weighted by Gasteiger charge is 2.12. The highest BCUT2D eigenvalue weighted by Crippen LogP contribution is 2.22. The van der Waals surface area contributed by atoms with E-state index in [1.165, 1.54) is 0 Å². The molecule has 0 fully saturated rings. The predicted molar refractivity (Wildman–Crippen MR) is 70.5 cm³/mol. The van der Waals surface area contributed by atoms with Crippen LogP contribution < -0.4 is 5.73 Å². The minimum Gasteiger partial charge on any atom is -0.381 e. The number of hydrogen-bond donors (Lipinski definition) is 1. The van der Waals surface area contributed by atoms with Crippen molar-refractivity contribution in [1.82, 2.24) is 20.0 Å². The van der Waals surface area contributed by atoms with E-state index in [4.69, 9.17) is 5.73 Å². The van der Waals surface area contributed by atoms with Gasteiger partial charge in [0.25, 0.3) is 0 Å². The maximum atomic E-state index is 5.82. The largest absolute Gasteiger partial charge is 0.381 e. The summed E-state index contributed by atoms with van der Waals surface area (Å²) in [6, 6.07) is 9.87. The smallest absolute Gasteiger partial charge is 0.169 e. The third-order valence-electron chi connectivity index (χ3n) is 2.98. The van der Waals surface area contributed by atoms with Crippen molar-refractivity contribution < 1.29 is 0 Å². The summed E-state index contributed by atoms with van der Waals surface area (Å²) >= 11 is 0. The molecule has 2 heterocycles. The van der Waals surface area contributed by atoms with Crippen molar-refractivity contribution >= 4 is 16.7 Å². The Morgan fingerprint density at radius 1 is 1.22 bits per heavy atom. The first kappa shape index (κ1) is 10.7. The molecule has 90 valence electrons. The molecule has 0 aliphatic rings. The maximum absolute atomic E-state index is 5.82. The van der Waals surface area contributed by atoms with Gasteiger partial charge in [-0.1, -0.05) is 18.2 Å². The third-order valence-corrected chi connectivity index (χ3v) is 2.98. The van der Waals surface area contributed by atoms with Crippen molar-refractivity contribution in [2.75, 3.05) is 5.73 Å². The second-order valence-electron chi connectivity index (χ2n) is 4.03. The average molecular weight is 239 g/mol. The normalized spacial score (nSPS) is 10.9. The van der Waals surface area contributed by atoms with Gasteiger partial charge in [0.2, 0.25) is 0 Å². The summed E-state index contributed by atoms with van der Waals surface area (Å²) in [4.78, 5) is 4.34. The average Bonchev–Trinajstić information content (AvgIpc) is 2.79. The van der Waals surface area contributed by atoms with E-state index < -0.39 is 0 Å². The molecule has 0 aliphatic carbocycles. The monoisotopic (exact) mass is 239 g/mol. The Hall–Kier alpha value is -2.43. The number of anilines is 1. The van der Waals surface area contributed by atoms with Crippen LogP contribution in [0.4, 0.5) is 5.82 Å². The van der Waals surface area contributed by atoms with Gasteiger partial charge in [0.15, 0.2) is 5.82 Å². The van der Waals surface area contributed by atoms with E-state index in [0.717, 1.165) is 28.7 Å². The first-order chi connectivity index (χ1) is 8.81. The summed E-state index contributed by atoms with van der Waals surface area (Å²) < 4.78 is 1.79. The molecule has 5 nitrogen and oxygen atoms in total. The summed E-state index contributed by atoms with van der Waals surface area (Å²) in [7, 11) is 0. The lowest BCUT2D eigenvalue weighted by atomic mass is 10.2. The SMILES string of the molecule is CCc1c(N)nnn1-c1cccc2ncccc12. The van der Waals surface area contributed by atoms with E-state index in [0.29, 0.717) is 5.82 Å². The summed E-state index contributed by atoms with van der Waals surface area (Å²) in [6.07, 6.45) is 2.57. The number of nitrogens with two attached hydrogens (primary N) is 1.